The lowest BCUT2D eigenvalue weighted by molar-refractivity contribution is -0.383. The predicted octanol–water partition coefficient (Wildman–Crippen LogP) is 4.21. The number of ether oxygens (including phenoxy) is 1. The second-order valence-electron chi connectivity index (χ2n) is 6.34. The first-order chi connectivity index (χ1) is 15.1. The van der Waals surface area contributed by atoms with Gasteiger partial charge in [0.1, 0.15) is 6.33 Å². The van der Waals surface area contributed by atoms with E-state index in [0.29, 0.717) is 16.9 Å². The van der Waals surface area contributed by atoms with Crippen molar-refractivity contribution in [1.82, 2.24) is 15.0 Å². The summed E-state index contributed by atoms with van der Waals surface area (Å²) in [5.74, 6) is -0.678. The molecule has 0 aliphatic heterocycles. The van der Waals surface area contributed by atoms with Crippen LogP contribution < -0.4 is 10.6 Å². The van der Waals surface area contributed by atoms with Crippen LogP contribution in [0.3, 0.4) is 0 Å². The van der Waals surface area contributed by atoms with Crippen LogP contribution in [0.15, 0.2) is 67.1 Å². The van der Waals surface area contributed by atoms with E-state index in [-0.39, 0.29) is 22.9 Å². The summed E-state index contributed by atoms with van der Waals surface area (Å²) in [6.07, 6.45) is 2.83. The third kappa shape index (κ3) is 3.94. The molecular formula is C21H16N6O4. The van der Waals surface area contributed by atoms with Crippen LogP contribution in [0.4, 0.5) is 28.7 Å². The van der Waals surface area contributed by atoms with Crippen LogP contribution in [0.2, 0.25) is 0 Å². The monoisotopic (exact) mass is 416 g/mol. The molecule has 0 saturated carbocycles. The van der Waals surface area contributed by atoms with Crippen LogP contribution in [0, 0.1) is 10.1 Å². The number of para-hydroxylation sites is 2. The van der Waals surface area contributed by atoms with Crippen molar-refractivity contribution in [2.24, 2.45) is 0 Å². The van der Waals surface area contributed by atoms with E-state index >= 15 is 0 Å². The molecule has 2 aromatic heterocycles. The molecule has 0 bridgehead atoms. The van der Waals surface area contributed by atoms with E-state index in [1.165, 1.54) is 13.4 Å². The number of methoxy groups -OCH3 is 1. The summed E-state index contributed by atoms with van der Waals surface area (Å²) in [5.41, 5.74) is 1.35. The number of nitro groups is 1. The van der Waals surface area contributed by atoms with Crippen molar-refractivity contribution in [3.63, 3.8) is 0 Å². The van der Waals surface area contributed by atoms with Crippen molar-refractivity contribution < 1.29 is 14.5 Å². The summed E-state index contributed by atoms with van der Waals surface area (Å²) in [5, 5.41) is 18.6. The molecule has 31 heavy (non-hydrogen) atoms. The van der Waals surface area contributed by atoms with Crippen molar-refractivity contribution in [2.75, 3.05) is 17.7 Å². The van der Waals surface area contributed by atoms with Crippen molar-refractivity contribution in [1.29, 1.82) is 0 Å². The zero-order valence-electron chi connectivity index (χ0n) is 16.3. The van der Waals surface area contributed by atoms with Gasteiger partial charge in [0, 0.05) is 11.6 Å². The quantitative estimate of drug-likeness (QED) is 0.269. The van der Waals surface area contributed by atoms with Gasteiger partial charge in [0.2, 0.25) is 11.6 Å². The fourth-order valence-electron chi connectivity index (χ4n) is 3.07. The number of fused-ring (bicyclic) bond motifs is 1. The molecule has 0 aliphatic rings. The molecule has 0 radical (unpaired) electrons. The number of carbonyl (C=O) groups is 1. The van der Waals surface area contributed by atoms with Crippen molar-refractivity contribution >= 4 is 45.6 Å². The topological polar surface area (TPSA) is 132 Å². The minimum atomic E-state index is -0.593. The predicted molar refractivity (Wildman–Crippen MR) is 115 cm³/mol. The van der Waals surface area contributed by atoms with Gasteiger partial charge in [-0.3, -0.25) is 15.1 Å². The van der Waals surface area contributed by atoms with E-state index in [4.69, 9.17) is 4.74 Å². The molecule has 0 fully saturated rings. The lowest BCUT2D eigenvalue weighted by atomic mass is 10.1. The number of rotatable bonds is 6. The van der Waals surface area contributed by atoms with Gasteiger partial charge >= 0.3 is 11.7 Å². The molecule has 154 valence electrons. The summed E-state index contributed by atoms with van der Waals surface area (Å²) in [6.45, 7) is 0. The number of aromatic nitrogens is 3. The summed E-state index contributed by atoms with van der Waals surface area (Å²) >= 11 is 0. The minimum Gasteiger partial charge on any atom is -0.465 e. The van der Waals surface area contributed by atoms with Gasteiger partial charge in [0.25, 0.3) is 0 Å². The van der Waals surface area contributed by atoms with Crippen LogP contribution in [0.1, 0.15) is 10.4 Å². The Morgan fingerprint density at radius 1 is 0.935 bits per heavy atom. The highest BCUT2D eigenvalue weighted by molar-refractivity contribution is 5.97. The number of nitrogens with zero attached hydrogens (tertiary/aromatic N) is 4. The molecule has 0 atom stereocenters. The highest BCUT2D eigenvalue weighted by Gasteiger charge is 2.25. The Hall–Kier alpha value is -4.60. The zero-order chi connectivity index (χ0) is 21.8. The maximum absolute atomic E-state index is 12.0. The number of carbonyl (C=O) groups excluding carboxylic acids is 1. The first-order valence-corrected chi connectivity index (χ1v) is 9.13. The van der Waals surface area contributed by atoms with E-state index in [2.05, 4.69) is 25.6 Å². The molecule has 4 rings (SSSR count). The van der Waals surface area contributed by atoms with Crippen molar-refractivity contribution in [3.8, 4) is 0 Å². The van der Waals surface area contributed by atoms with E-state index < -0.39 is 10.9 Å². The second-order valence-corrected chi connectivity index (χ2v) is 6.34. The number of hydrogen-bond acceptors (Lipinski definition) is 9. The maximum Gasteiger partial charge on any atom is 0.353 e. The molecule has 0 unspecified atom stereocenters. The van der Waals surface area contributed by atoms with Gasteiger partial charge in [-0.15, -0.1) is 0 Å². The first kappa shape index (κ1) is 19.7. The van der Waals surface area contributed by atoms with E-state index in [1.807, 2.05) is 18.2 Å². The number of nitrogens with one attached hydrogen (secondary N) is 2. The van der Waals surface area contributed by atoms with Gasteiger partial charge in [-0.2, -0.15) is 0 Å². The molecule has 0 aliphatic carbocycles. The Bertz CT molecular complexity index is 1290. The molecule has 2 aromatic carbocycles. The molecule has 0 amide bonds. The third-order valence-electron chi connectivity index (χ3n) is 4.48. The Morgan fingerprint density at radius 2 is 1.61 bits per heavy atom. The molecule has 0 saturated heterocycles. The molecular weight excluding hydrogens is 400 g/mol. The largest absolute Gasteiger partial charge is 0.465 e. The summed E-state index contributed by atoms with van der Waals surface area (Å²) in [7, 11) is 1.26. The molecule has 2 heterocycles. The Labute approximate surface area is 176 Å². The number of anilines is 4. The Morgan fingerprint density at radius 3 is 2.35 bits per heavy atom. The maximum atomic E-state index is 12.0. The third-order valence-corrected chi connectivity index (χ3v) is 4.48. The number of benzene rings is 2. The van der Waals surface area contributed by atoms with Gasteiger partial charge < -0.3 is 15.4 Å². The van der Waals surface area contributed by atoms with Crippen LogP contribution in [-0.4, -0.2) is 33.0 Å². The average Bonchev–Trinajstić information content (AvgIpc) is 2.79. The second kappa shape index (κ2) is 8.41. The minimum absolute atomic E-state index is 0.0174. The van der Waals surface area contributed by atoms with E-state index in [9.17, 15) is 14.9 Å². The van der Waals surface area contributed by atoms with Gasteiger partial charge in [-0.1, -0.05) is 30.3 Å². The standard InChI is InChI=1S/C21H16N6O4/c1-31-21(28)14-8-2-3-9-15(14)25-19-18(27(29)30)20(24-12-23-19)26-16-10-4-6-13-7-5-11-22-17(13)16/h2-12H,1H3,(H2,23,24,25,26). The smallest absolute Gasteiger partial charge is 0.353 e. The van der Waals surface area contributed by atoms with Gasteiger partial charge in [0.15, 0.2) is 0 Å². The zero-order valence-corrected chi connectivity index (χ0v) is 16.3. The summed E-state index contributed by atoms with van der Waals surface area (Å²) < 4.78 is 4.77. The van der Waals surface area contributed by atoms with Crippen LogP contribution >= 0.6 is 0 Å². The number of hydrogen-bond donors (Lipinski definition) is 2. The van der Waals surface area contributed by atoms with Gasteiger partial charge in [-0.05, 0) is 24.3 Å². The lowest BCUT2D eigenvalue weighted by Gasteiger charge is -2.12. The van der Waals surface area contributed by atoms with E-state index in [0.717, 1.165) is 5.39 Å². The lowest BCUT2D eigenvalue weighted by Crippen LogP contribution is -2.09. The fourth-order valence-corrected chi connectivity index (χ4v) is 3.07. The molecule has 10 heteroatoms. The Kier molecular flexibility index (Phi) is 5.35. The van der Waals surface area contributed by atoms with Gasteiger partial charge in [0.05, 0.1) is 34.5 Å². The average molecular weight is 416 g/mol. The first-order valence-electron chi connectivity index (χ1n) is 9.13. The summed E-state index contributed by atoms with van der Waals surface area (Å²) in [4.78, 5) is 35.7. The molecule has 2 N–H and O–H groups in total. The normalized spacial score (nSPS) is 10.5. The van der Waals surface area contributed by atoms with Crippen molar-refractivity contribution in [2.45, 2.75) is 0 Å². The molecule has 0 spiro atoms. The van der Waals surface area contributed by atoms with Crippen LogP contribution in [-0.2, 0) is 4.74 Å². The van der Waals surface area contributed by atoms with Crippen LogP contribution in [0.5, 0.6) is 0 Å². The highest BCUT2D eigenvalue weighted by atomic mass is 16.6. The molecule has 4 aromatic rings. The highest BCUT2D eigenvalue weighted by Crippen LogP contribution is 2.35. The van der Waals surface area contributed by atoms with Crippen LogP contribution in [0.25, 0.3) is 10.9 Å². The SMILES string of the molecule is COC(=O)c1ccccc1Nc1ncnc(Nc2cccc3cccnc23)c1[N+](=O)[O-]. The number of pyridine rings is 1. The fraction of sp³-hybridized carbons (Fsp3) is 0.0476. The Balaban J connectivity index is 1.76. The van der Waals surface area contributed by atoms with E-state index in [1.54, 1.807) is 42.6 Å². The molecule has 10 nitrogen and oxygen atoms in total. The van der Waals surface area contributed by atoms with Gasteiger partial charge in [-0.25, -0.2) is 14.8 Å². The number of esters is 1. The van der Waals surface area contributed by atoms with Crippen molar-refractivity contribution in [3.05, 3.63) is 82.8 Å². The summed E-state index contributed by atoms with van der Waals surface area (Å²) in [6, 6.07) is 15.6.